The highest BCUT2D eigenvalue weighted by atomic mass is 35.5. The van der Waals surface area contributed by atoms with Gasteiger partial charge in [-0.3, -0.25) is 9.59 Å². The fraction of sp³-hybridized carbons (Fsp3) is 0.500. The molecule has 0 aliphatic carbocycles. The number of nitrogens with one attached hydrogen (secondary N) is 2. The number of rotatable bonds is 6. The molecule has 0 aromatic carbocycles. The third-order valence-electron chi connectivity index (χ3n) is 2.38. The van der Waals surface area contributed by atoms with Crippen LogP contribution in [-0.4, -0.2) is 30.1 Å². The molecule has 5 nitrogen and oxygen atoms in total. The number of halogens is 1. The number of carbonyl (C=O) groups excluding carboxylic acids is 1. The van der Waals surface area contributed by atoms with Crippen molar-refractivity contribution in [1.29, 1.82) is 0 Å². The van der Waals surface area contributed by atoms with Gasteiger partial charge in [0.05, 0.1) is 0 Å². The summed E-state index contributed by atoms with van der Waals surface area (Å²) >= 11 is 0. The molecule has 6 heteroatoms. The minimum Gasteiger partial charge on any atom is -0.351 e. The van der Waals surface area contributed by atoms with Crippen LogP contribution in [0.5, 0.6) is 0 Å². The fourth-order valence-electron chi connectivity index (χ4n) is 1.43. The van der Waals surface area contributed by atoms with Crippen molar-refractivity contribution >= 4 is 18.3 Å². The summed E-state index contributed by atoms with van der Waals surface area (Å²) < 4.78 is 1.39. The molecule has 1 amide bonds. The van der Waals surface area contributed by atoms with Gasteiger partial charge in [-0.25, -0.2) is 0 Å². The average Bonchev–Trinajstić information content (AvgIpc) is 2.32. The molecule has 0 bridgehead atoms. The number of pyridine rings is 1. The van der Waals surface area contributed by atoms with Crippen molar-refractivity contribution in [2.45, 2.75) is 13.3 Å². The Bertz CT molecular complexity index is 432. The van der Waals surface area contributed by atoms with E-state index in [1.54, 1.807) is 19.3 Å². The van der Waals surface area contributed by atoms with Gasteiger partial charge in [0.15, 0.2) is 0 Å². The van der Waals surface area contributed by atoms with Gasteiger partial charge in [-0.2, -0.15) is 0 Å². The molecule has 1 aromatic heterocycles. The van der Waals surface area contributed by atoms with Gasteiger partial charge in [0.1, 0.15) is 5.56 Å². The average molecular weight is 274 g/mol. The second-order valence-corrected chi connectivity index (χ2v) is 3.84. The van der Waals surface area contributed by atoms with Gasteiger partial charge in [-0.05, 0) is 25.1 Å². The summed E-state index contributed by atoms with van der Waals surface area (Å²) in [7, 11) is 1.63. The van der Waals surface area contributed by atoms with Crippen LogP contribution in [0.25, 0.3) is 0 Å². The molecule has 1 aromatic rings. The first-order valence-electron chi connectivity index (χ1n) is 5.81. The van der Waals surface area contributed by atoms with Crippen molar-refractivity contribution in [1.82, 2.24) is 15.2 Å². The van der Waals surface area contributed by atoms with Gasteiger partial charge in [0.2, 0.25) is 0 Å². The first-order valence-corrected chi connectivity index (χ1v) is 5.81. The summed E-state index contributed by atoms with van der Waals surface area (Å²) in [4.78, 5) is 23.3. The van der Waals surface area contributed by atoms with Crippen LogP contribution >= 0.6 is 12.4 Å². The largest absolute Gasteiger partial charge is 0.351 e. The zero-order valence-electron chi connectivity index (χ0n) is 10.7. The van der Waals surface area contributed by atoms with Gasteiger partial charge in [0.25, 0.3) is 11.5 Å². The molecule has 2 N–H and O–H groups in total. The third-order valence-corrected chi connectivity index (χ3v) is 2.38. The molecule has 0 fully saturated rings. The Morgan fingerprint density at radius 3 is 2.72 bits per heavy atom. The van der Waals surface area contributed by atoms with Crippen LogP contribution in [0.4, 0.5) is 0 Å². The van der Waals surface area contributed by atoms with Crippen molar-refractivity contribution in [3.63, 3.8) is 0 Å². The number of amides is 1. The molecular weight excluding hydrogens is 254 g/mol. The quantitative estimate of drug-likeness (QED) is 0.744. The number of aryl methyl sites for hydroxylation is 1. The predicted molar refractivity (Wildman–Crippen MR) is 74.4 cm³/mol. The maximum absolute atomic E-state index is 11.7. The van der Waals surface area contributed by atoms with Gasteiger partial charge in [-0.15, -0.1) is 12.4 Å². The lowest BCUT2D eigenvalue weighted by molar-refractivity contribution is 0.0952. The molecule has 1 rings (SSSR count). The molecule has 0 saturated carbocycles. The first kappa shape index (κ1) is 16.7. The number of hydrogen-bond donors (Lipinski definition) is 2. The lowest BCUT2D eigenvalue weighted by Crippen LogP contribution is -2.36. The number of aromatic nitrogens is 1. The van der Waals surface area contributed by atoms with Crippen LogP contribution in [0.2, 0.25) is 0 Å². The summed E-state index contributed by atoms with van der Waals surface area (Å²) in [6.45, 7) is 4.26. The van der Waals surface area contributed by atoms with E-state index in [0.29, 0.717) is 13.1 Å². The minimum atomic E-state index is -0.315. The number of hydrogen-bond acceptors (Lipinski definition) is 3. The SMILES string of the molecule is CCCNCCNC(=O)c1cccn(C)c1=O.Cl. The number of carbonyl (C=O) groups is 1. The van der Waals surface area contributed by atoms with E-state index in [2.05, 4.69) is 17.6 Å². The lowest BCUT2D eigenvalue weighted by atomic mass is 10.2. The molecule has 1 heterocycles. The van der Waals surface area contributed by atoms with E-state index in [1.807, 2.05) is 0 Å². The molecule has 0 aliphatic heterocycles. The van der Waals surface area contributed by atoms with E-state index >= 15 is 0 Å². The maximum Gasteiger partial charge on any atom is 0.263 e. The summed E-state index contributed by atoms with van der Waals surface area (Å²) in [5.41, 5.74) is -0.0861. The first-order chi connectivity index (χ1) is 8.16. The molecule has 102 valence electrons. The zero-order chi connectivity index (χ0) is 12.7. The van der Waals surface area contributed by atoms with Crippen LogP contribution < -0.4 is 16.2 Å². The maximum atomic E-state index is 11.7. The predicted octanol–water partition coefficient (Wildman–Crippen LogP) is 0.536. The van der Waals surface area contributed by atoms with Crippen LogP contribution in [0.1, 0.15) is 23.7 Å². The standard InChI is InChI=1S/C12H19N3O2.ClH/c1-3-6-13-7-8-14-11(16)10-5-4-9-15(2)12(10)17;/h4-5,9,13H,3,6-8H2,1-2H3,(H,14,16);1H. The van der Waals surface area contributed by atoms with Gasteiger partial charge in [-0.1, -0.05) is 6.92 Å². The van der Waals surface area contributed by atoms with E-state index in [0.717, 1.165) is 13.0 Å². The minimum absolute atomic E-state index is 0. The normalized spacial score (nSPS) is 9.67. The third kappa shape index (κ3) is 4.89. The van der Waals surface area contributed by atoms with Gasteiger partial charge < -0.3 is 15.2 Å². The van der Waals surface area contributed by atoms with E-state index in [1.165, 1.54) is 10.6 Å². The topological polar surface area (TPSA) is 63.1 Å². The Balaban J connectivity index is 0.00000289. The van der Waals surface area contributed by atoms with Crippen molar-refractivity contribution in [2.24, 2.45) is 7.05 Å². The molecule has 0 unspecified atom stereocenters. The smallest absolute Gasteiger partial charge is 0.263 e. The highest BCUT2D eigenvalue weighted by molar-refractivity contribution is 5.93. The van der Waals surface area contributed by atoms with Crippen molar-refractivity contribution in [3.05, 3.63) is 34.2 Å². The highest BCUT2D eigenvalue weighted by Crippen LogP contribution is 1.90. The molecular formula is C12H20ClN3O2. The lowest BCUT2D eigenvalue weighted by Gasteiger charge is -2.06. The Hall–Kier alpha value is -1.33. The Morgan fingerprint density at radius 2 is 2.06 bits per heavy atom. The van der Waals surface area contributed by atoms with Gasteiger partial charge in [0, 0.05) is 26.3 Å². The monoisotopic (exact) mass is 273 g/mol. The number of nitrogens with zero attached hydrogens (tertiary/aromatic N) is 1. The van der Waals surface area contributed by atoms with E-state index in [-0.39, 0.29) is 29.4 Å². The molecule has 0 aliphatic rings. The molecule has 0 radical (unpaired) electrons. The van der Waals surface area contributed by atoms with Gasteiger partial charge >= 0.3 is 0 Å². The van der Waals surface area contributed by atoms with E-state index in [4.69, 9.17) is 0 Å². The Labute approximate surface area is 113 Å². The second-order valence-electron chi connectivity index (χ2n) is 3.84. The van der Waals surface area contributed by atoms with Crippen LogP contribution in [0.15, 0.2) is 23.1 Å². The Morgan fingerprint density at radius 1 is 1.33 bits per heavy atom. The molecule has 0 spiro atoms. The second kappa shape index (κ2) is 8.72. The van der Waals surface area contributed by atoms with E-state index < -0.39 is 0 Å². The Kier molecular flexibility index (Phi) is 8.07. The summed E-state index contributed by atoms with van der Waals surface area (Å²) in [6, 6.07) is 3.22. The molecule has 18 heavy (non-hydrogen) atoms. The summed E-state index contributed by atoms with van der Waals surface area (Å²) in [6.07, 6.45) is 2.69. The van der Waals surface area contributed by atoms with Crippen LogP contribution in [0, 0.1) is 0 Å². The fourth-order valence-corrected chi connectivity index (χ4v) is 1.43. The van der Waals surface area contributed by atoms with Crippen LogP contribution in [0.3, 0.4) is 0 Å². The van der Waals surface area contributed by atoms with E-state index in [9.17, 15) is 9.59 Å². The van der Waals surface area contributed by atoms with Crippen molar-refractivity contribution in [3.8, 4) is 0 Å². The molecule has 0 saturated heterocycles. The van der Waals surface area contributed by atoms with Crippen molar-refractivity contribution in [2.75, 3.05) is 19.6 Å². The van der Waals surface area contributed by atoms with Crippen molar-refractivity contribution < 1.29 is 4.79 Å². The van der Waals surface area contributed by atoms with Crippen LogP contribution in [-0.2, 0) is 7.05 Å². The summed E-state index contributed by atoms with van der Waals surface area (Å²) in [5.74, 6) is -0.315. The zero-order valence-corrected chi connectivity index (χ0v) is 11.5. The molecule has 0 atom stereocenters. The summed E-state index contributed by atoms with van der Waals surface area (Å²) in [5, 5.41) is 5.88. The highest BCUT2D eigenvalue weighted by Gasteiger charge is 2.09.